The van der Waals surface area contributed by atoms with Crippen molar-refractivity contribution in [2.24, 2.45) is 0 Å². The Kier molecular flexibility index (Phi) is 2.97. The van der Waals surface area contributed by atoms with Gasteiger partial charge in [0.2, 0.25) is 5.54 Å². The number of halogens is 3. The van der Waals surface area contributed by atoms with Crippen LogP contribution in [-0.2, 0) is 15.2 Å². The van der Waals surface area contributed by atoms with Gasteiger partial charge in [-0.15, -0.1) is 5.48 Å². The Morgan fingerprint density at radius 1 is 1.47 bits per heavy atom. The molecule has 1 atom stereocenters. The molecule has 0 saturated heterocycles. The zero-order chi connectivity index (χ0) is 14.3. The van der Waals surface area contributed by atoms with E-state index in [4.69, 9.17) is 0 Å². The monoisotopic (exact) mass is 274 g/mol. The topological polar surface area (TPSA) is 71.5 Å². The highest BCUT2D eigenvalue weighted by Crippen LogP contribution is 2.42. The number of pyridine rings is 1. The maximum absolute atomic E-state index is 12.9. The summed E-state index contributed by atoms with van der Waals surface area (Å²) in [7, 11) is 0. The fourth-order valence-corrected chi connectivity index (χ4v) is 1.81. The quantitative estimate of drug-likeness (QED) is 0.858. The number of carboxylic acid groups (broad SMARTS) is 1. The first-order valence-corrected chi connectivity index (χ1v) is 5.16. The number of aliphatic carboxylic acids is 1. The van der Waals surface area contributed by atoms with Gasteiger partial charge in [0.05, 0.1) is 5.69 Å². The Hall–Kier alpha value is -2.09. The van der Waals surface area contributed by atoms with E-state index in [9.17, 15) is 23.1 Å². The summed E-state index contributed by atoms with van der Waals surface area (Å²) in [5.74, 6) is -1.74. The molecular formula is C11H9F3N2O3. The summed E-state index contributed by atoms with van der Waals surface area (Å²) >= 11 is 0. The minimum absolute atomic E-state index is 0.291. The predicted molar refractivity (Wildman–Crippen MR) is 56.6 cm³/mol. The van der Waals surface area contributed by atoms with E-state index >= 15 is 0 Å². The van der Waals surface area contributed by atoms with Gasteiger partial charge in [-0.2, -0.15) is 13.2 Å². The maximum Gasteiger partial charge on any atom is 0.418 e. The second-order valence-corrected chi connectivity index (χ2v) is 3.97. The van der Waals surface area contributed by atoms with Crippen LogP contribution >= 0.6 is 0 Å². The highest BCUT2D eigenvalue weighted by Gasteiger charge is 2.59. The molecule has 2 N–H and O–H groups in total. The van der Waals surface area contributed by atoms with Gasteiger partial charge in [0, 0.05) is 5.69 Å². The SMILES string of the molecule is Cc1cccc(C2(C(=O)O)NOC=C2C(F)(F)F)n1. The molecule has 102 valence electrons. The number of aryl methyl sites for hydroxylation is 1. The standard InChI is InChI=1S/C11H9F3N2O3/c1-6-3-2-4-8(15-6)10(9(17)18)7(5-19-16-10)11(12,13)14/h2-5,16H,1H3,(H,17,18). The summed E-state index contributed by atoms with van der Waals surface area (Å²) in [6.45, 7) is 1.55. The molecule has 0 saturated carbocycles. The van der Waals surface area contributed by atoms with Gasteiger partial charge < -0.3 is 9.94 Å². The second-order valence-electron chi connectivity index (χ2n) is 3.97. The van der Waals surface area contributed by atoms with Crippen molar-refractivity contribution >= 4 is 5.97 Å². The predicted octanol–water partition coefficient (Wildman–Crippen LogP) is 1.65. The molecule has 1 aromatic heterocycles. The molecule has 19 heavy (non-hydrogen) atoms. The van der Waals surface area contributed by atoms with Crippen molar-refractivity contribution in [1.29, 1.82) is 0 Å². The number of carbonyl (C=O) groups is 1. The van der Waals surface area contributed by atoms with Gasteiger partial charge >= 0.3 is 12.1 Å². The first-order valence-electron chi connectivity index (χ1n) is 5.16. The van der Waals surface area contributed by atoms with Gasteiger partial charge in [0.25, 0.3) is 0 Å². The highest BCUT2D eigenvalue weighted by atomic mass is 19.4. The second kappa shape index (κ2) is 4.23. The summed E-state index contributed by atoms with van der Waals surface area (Å²) in [6.07, 6.45) is -4.51. The molecule has 1 unspecified atom stereocenters. The van der Waals surface area contributed by atoms with Gasteiger partial charge in [-0.1, -0.05) is 6.07 Å². The molecule has 1 aromatic rings. The van der Waals surface area contributed by atoms with Crippen molar-refractivity contribution < 1.29 is 27.9 Å². The average molecular weight is 274 g/mol. The minimum atomic E-state index is -4.85. The lowest BCUT2D eigenvalue weighted by Crippen LogP contribution is -2.50. The van der Waals surface area contributed by atoms with Crippen LogP contribution in [0.4, 0.5) is 13.2 Å². The van der Waals surface area contributed by atoms with Crippen LogP contribution in [0.5, 0.6) is 0 Å². The number of nitrogens with one attached hydrogen (secondary N) is 1. The molecule has 1 aliphatic heterocycles. The van der Waals surface area contributed by atoms with Crippen LogP contribution in [0.1, 0.15) is 11.4 Å². The third-order valence-electron chi connectivity index (χ3n) is 2.69. The number of aromatic nitrogens is 1. The Morgan fingerprint density at radius 3 is 2.68 bits per heavy atom. The van der Waals surface area contributed by atoms with Crippen LogP contribution in [0, 0.1) is 6.92 Å². The Morgan fingerprint density at radius 2 is 2.16 bits per heavy atom. The van der Waals surface area contributed by atoms with Crippen molar-refractivity contribution in [3.05, 3.63) is 41.4 Å². The summed E-state index contributed by atoms with van der Waals surface area (Å²) in [6, 6.07) is 4.17. The molecule has 2 heterocycles. The van der Waals surface area contributed by atoms with E-state index < -0.39 is 23.3 Å². The number of alkyl halides is 3. The molecule has 2 rings (SSSR count). The lowest BCUT2D eigenvalue weighted by Gasteiger charge is -2.26. The third-order valence-corrected chi connectivity index (χ3v) is 2.69. The maximum atomic E-state index is 12.9. The van der Waals surface area contributed by atoms with Crippen LogP contribution in [0.2, 0.25) is 0 Å². The van der Waals surface area contributed by atoms with Gasteiger partial charge in [-0.25, -0.2) is 4.79 Å². The van der Waals surface area contributed by atoms with E-state index in [1.54, 1.807) is 13.0 Å². The molecule has 0 bridgehead atoms. The lowest BCUT2D eigenvalue weighted by molar-refractivity contribution is -0.153. The van der Waals surface area contributed by atoms with E-state index in [2.05, 4.69) is 9.82 Å². The van der Waals surface area contributed by atoms with Gasteiger partial charge in [0.15, 0.2) is 0 Å². The van der Waals surface area contributed by atoms with E-state index in [-0.39, 0.29) is 5.69 Å². The zero-order valence-corrected chi connectivity index (χ0v) is 9.65. The molecule has 0 spiro atoms. The van der Waals surface area contributed by atoms with Crippen LogP contribution in [0.3, 0.4) is 0 Å². The summed E-state index contributed by atoms with van der Waals surface area (Å²) < 4.78 is 38.8. The normalized spacial score (nSPS) is 22.8. The molecule has 0 radical (unpaired) electrons. The summed E-state index contributed by atoms with van der Waals surface area (Å²) in [5.41, 5.74) is -1.91. The zero-order valence-electron chi connectivity index (χ0n) is 9.65. The van der Waals surface area contributed by atoms with Gasteiger partial charge in [0.1, 0.15) is 11.8 Å². The van der Waals surface area contributed by atoms with E-state index in [1.165, 1.54) is 12.1 Å². The molecule has 0 fully saturated rings. The number of carboxylic acids is 1. The van der Waals surface area contributed by atoms with Crippen molar-refractivity contribution in [3.63, 3.8) is 0 Å². The third kappa shape index (κ3) is 2.03. The summed E-state index contributed by atoms with van der Waals surface area (Å²) in [5, 5.41) is 9.22. The molecule has 8 heteroatoms. The van der Waals surface area contributed by atoms with Crippen molar-refractivity contribution in [3.8, 4) is 0 Å². The van der Waals surface area contributed by atoms with Crippen LogP contribution < -0.4 is 5.48 Å². The number of hydrogen-bond donors (Lipinski definition) is 2. The van der Waals surface area contributed by atoms with Gasteiger partial charge in [-0.05, 0) is 19.1 Å². The van der Waals surface area contributed by atoms with Crippen LogP contribution in [-0.4, -0.2) is 22.2 Å². The van der Waals surface area contributed by atoms with E-state index in [1.807, 2.05) is 5.48 Å². The van der Waals surface area contributed by atoms with E-state index in [0.717, 1.165) is 0 Å². The van der Waals surface area contributed by atoms with Crippen LogP contribution in [0.15, 0.2) is 30.0 Å². The fraction of sp³-hybridized carbons (Fsp3) is 0.273. The molecule has 0 aliphatic carbocycles. The number of hydroxylamine groups is 1. The van der Waals surface area contributed by atoms with Gasteiger partial charge in [-0.3, -0.25) is 4.98 Å². The first kappa shape index (κ1) is 13.3. The first-order chi connectivity index (χ1) is 8.78. The Bertz CT molecular complexity index is 556. The molecule has 0 aromatic carbocycles. The number of hydrogen-bond acceptors (Lipinski definition) is 4. The molecule has 5 nitrogen and oxygen atoms in total. The molecule has 1 aliphatic rings. The Balaban J connectivity index is 2.63. The van der Waals surface area contributed by atoms with Crippen molar-refractivity contribution in [2.75, 3.05) is 0 Å². The van der Waals surface area contributed by atoms with Crippen LogP contribution in [0.25, 0.3) is 0 Å². The largest absolute Gasteiger partial charge is 0.479 e. The molecular weight excluding hydrogens is 265 g/mol. The molecule has 0 amide bonds. The average Bonchev–Trinajstić information content (AvgIpc) is 2.74. The fourth-order valence-electron chi connectivity index (χ4n) is 1.81. The minimum Gasteiger partial charge on any atom is -0.479 e. The Labute approximate surface area is 105 Å². The highest BCUT2D eigenvalue weighted by molar-refractivity contribution is 5.85. The summed E-state index contributed by atoms with van der Waals surface area (Å²) in [4.78, 5) is 19.6. The number of nitrogens with zero attached hydrogens (tertiary/aromatic N) is 1. The smallest absolute Gasteiger partial charge is 0.418 e. The van der Waals surface area contributed by atoms with Crippen molar-refractivity contribution in [2.45, 2.75) is 18.6 Å². The number of rotatable bonds is 2. The lowest BCUT2D eigenvalue weighted by atomic mass is 9.87. The van der Waals surface area contributed by atoms with Crippen molar-refractivity contribution in [1.82, 2.24) is 10.5 Å². The van der Waals surface area contributed by atoms with E-state index in [0.29, 0.717) is 12.0 Å².